The molecule has 0 fully saturated rings. The molecule has 0 radical (unpaired) electrons. The lowest BCUT2D eigenvalue weighted by Crippen LogP contribution is -2.41. The fraction of sp³-hybridized carbons (Fsp3) is 0.829. The van der Waals surface area contributed by atoms with Crippen LogP contribution in [0.4, 0.5) is 0 Å². The third-order valence-electron chi connectivity index (χ3n) is 9.40. The second kappa shape index (κ2) is 41.3. The largest absolute Gasteiger partial charge is 0.480 e. The van der Waals surface area contributed by atoms with Gasteiger partial charge in [0, 0.05) is 38.9 Å². The van der Waals surface area contributed by atoms with Crippen LogP contribution in [0.2, 0.25) is 0 Å². The number of nitrogens with one attached hydrogen (secondary N) is 4. The van der Waals surface area contributed by atoms with Crippen molar-refractivity contribution in [3.05, 3.63) is 0 Å². The Bertz CT molecular complexity index is 1140. The number of amides is 4. The molecular formula is C41H76BN5O12. The molecule has 0 saturated heterocycles. The molecule has 0 aromatic rings. The predicted molar refractivity (Wildman–Crippen MR) is 226 cm³/mol. The fourth-order valence-corrected chi connectivity index (χ4v) is 5.84. The first-order chi connectivity index (χ1) is 28.6. The van der Waals surface area contributed by atoms with Crippen molar-refractivity contribution in [3.8, 4) is 0 Å². The average Bonchev–Trinajstić information content (AvgIpc) is 3.20. The van der Waals surface area contributed by atoms with Gasteiger partial charge in [-0.25, -0.2) is 4.79 Å². The average molecular weight is 842 g/mol. The van der Waals surface area contributed by atoms with Crippen LogP contribution in [0.5, 0.6) is 0 Å². The highest BCUT2D eigenvalue weighted by Gasteiger charge is 2.21. The van der Waals surface area contributed by atoms with E-state index in [-0.39, 0.29) is 115 Å². The van der Waals surface area contributed by atoms with E-state index in [0.29, 0.717) is 25.8 Å². The first kappa shape index (κ1) is 55.6. The molecule has 0 aliphatic carbocycles. The van der Waals surface area contributed by atoms with E-state index in [4.69, 9.17) is 24.7 Å². The molecule has 0 aliphatic heterocycles. The summed E-state index contributed by atoms with van der Waals surface area (Å²) in [6.45, 7) is 2.07. The molecule has 0 spiro atoms. The molecule has 59 heavy (non-hydrogen) atoms. The van der Waals surface area contributed by atoms with Gasteiger partial charge >= 0.3 is 5.97 Å². The first-order valence-electron chi connectivity index (χ1n) is 21.9. The number of carboxylic acids is 1. The number of aldehydes is 1. The highest BCUT2D eigenvalue weighted by molar-refractivity contribution is 6.59. The number of carbonyl (C=O) groups excluding carboxylic acids is 6. The summed E-state index contributed by atoms with van der Waals surface area (Å²) in [5.74, 6) is -2.40. The number of nitrogens with two attached hydrogens (primary N) is 1. The van der Waals surface area contributed by atoms with Gasteiger partial charge in [0.1, 0.15) is 25.5 Å². The van der Waals surface area contributed by atoms with Gasteiger partial charge in [0.15, 0.2) is 7.85 Å². The zero-order valence-electron chi connectivity index (χ0n) is 35.9. The quantitative estimate of drug-likeness (QED) is 0.0292. The van der Waals surface area contributed by atoms with E-state index >= 15 is 0 Å². The van der Waals surface area contributed by atoms with Crippen molar-refractivity contribution < 1.29 is 57.6 Å². The van der Waals surface area contributed by atoms with E-state index in [1.54, 1.807) is 0 Å². The van der Waals surface area contributed by atoms with Crippen LogP contribution in [0.15, 0.2) is 0 Å². The Morgan fingerprint density at radius 3 is 1.47 bits per heavy atom. The van der Waals surface area contributed by atoms with Crippen molar-refractivity contribution in [1.29, 1.82) is 0 Å². The summed E-state index contributed by atoms with van der Waals surface area (Å²) in [7, 11) is 1.46. The maximum atomic E-state index is 12.3. The van der Waals surface area contributed by atoms with Crippen LogP contribution in [0.25, 0.3) is 0 Å². The summed E-state index contributed by atoms with van der Waals surface area (Å²) >= 11 is 0. The standard InChI is InChI=1S/C41H76BN5O12/c42-40(53)34(43)18-15-16-22-44-38(51)32-58-30-29-57-27-24-46-39(52)33-59-31-28-56-26-23-45-36(49)21-20-35(41(54)55)47-37(50)19-14-12-10-8-6-4-2-1-3-5-7-9-11-13-17-25-48/h25,34-35H,1-24,26-33,42-43H2,(H,44,51)(H,45,49)(H,46,52)(H,47,50)(H,54,55)/t34-,35-/m0/s1. The molecule has 2 atom stereocenters. The molecule has 17 nitrogen and oxygen atoms in total. The van der Waals surface area contributed by atoms with E-state index in [1.165, 1.54) is 59.2 Å². The molecule has 0 saturated carbocycles. The highest BCUT2D eigenvalue weighted by atomic mass is 16.5. The molecule has 0 heterocycles. The third-order valence-corrected chi connectivity index (χ3v) is 9.40. The zero-order chi connectivity index (χ0) is 43.6. The van der Waals surface area contributed by atoms with Gasteiger partial charge in [-0.1, -0.05) is 77.0 Å². The maximum absolute atomic E-state index is 12.3. The second-order valence-corrected chi connectivity index (χ2v) is 14.7. The van der Waals surface area contributed by atoms with Crippen LogP contribution < -0.4 is 27.0 Å². The highest BCUT2D eigenvalue weighted by Crippen LogP contribution is 2.14. The first-order valence-corrected chi connectivity index (χ1v) is 21.9. The lowest BCUT2D eigenvalue weighted by molar-refractivity contribution is -0.142. The number of hydrogen-bond acceptors (Lipinski definition) is 12. The number of ether oxygens (including phenoxy) is 4. The minimum Gasteiger partial charge on any atom is -0.480 e. The van der Waals surface area contributed by atoms with Crippen LogP contribution in [0, 0.1) is 0 Å². The summed E-state index contributed by atoms with van der Waals surface area (Å²) in [6.07, 6.45) is 19.9. The zero-order valence-corrected chi connectivity index (χ0v) is 35.9. The molecular weight excluding hydrogens is 765 g/mol. The maximum Gasteiger partial charge on any atom is 0.326 e. The number of rotatable bonds is 44. The van der Waals surface area contributed by atoms with Crippen LogP contribution >= 0.6 is 0 Å². The predicted octanol–water partition coefficient (Wildman–Crippen LogP) is 1.85. The molecule has 340 valence electrons. The molecule has 4 amide bonds. The van der Waals surface area contributed by atoms with E-state index in [0.717, 1.165) is 51.2 Å². The van der Waals surface area contributed by atoms with Gasteiger partial charge in [-0.15, -0.1) is 0 Å². The number of aliphatic carboxylic acids is 1. The van der Waals surface area contributed by atoms with Gasteiger partial charge in [0.2, 0.25) is 23.6 Å². The minimum atomic E-state index is -1.18. The molecule has 7 N–H and O–H groups in total. The number of carboxylic acid groups (broad SMARTS) is 1. The van der Waals surface area contributed by atoms with Crippen molar-refractivity contribution >= 4 is 49.4 Å². The Morgan fingerprint density at radius 1 is 0.525 bits per heavy atom. The minimum absolute atomic E-state index is 0.0185. The Labute approximate surface area is 352 Å². The van der Waals surface area contributed by atoms with Crippen molar-refractivity contribution in [1.82, 2.24) is 21.3 Å². The van der Waals surface area contributed by atoms with Gasteiger partial charge in [-0.05, 0) is 38.5 Å². The summed E-state index contributed by atoms with van der Waals surface area (Å²) in [5, 5.41) is 20.1. The molecule has 0 aromatic carbocycles. The molecule has 18 heteroatoms. The number of carbonyl (C=O) groups is 7. The third kappa shape index (κ3) is 39.8. The van der Waals surface area contributed by atoms with Crippen molar-refractivity contribution in [2.45, 2.75) is 147 Å². The lowest BCUT2D eigenvalue weighted by atomic mass is 9.92. The molecule has 0 aliphatic rings. The van der Waals surface area contributed by atoms with E-state index in [2.05, 4.69) is 21.3 Å². The van der Waals surface area contributed by atoms with E-state index in [1.807, 2.05) is 0 Å². The van der Waals surface area contributed by atoms with Gasteiger partial charge in [0.25, 0.3) is 0 Å². The van der Waals surface area contributed by atoms with E-state index < -0.39 is 18.1 Å². The summed E-state index contributed by atoms with van der Waals surface area (Å²) < 4.78 is 21.3. The van der Waals surface area contributed by atoms with Gasteiger partial charge in [-0.2, -0.15) is 0 Å². The van der Waals surface area contributed by atoms with Crippen molar-refractivity contribution in [2.75, 3.05) is 72.5 Å². The lowest BCUT2D eigenvalue weighted by Gasteiger charge is -2.14. The summed E-state index contributed by atoms with van der Waals surface area (Å²) in [4.78, 5) is 81.2. The van der Waals surface area contributed by atoms with Gasteiger partial charge in [-0.3, -0.25) is 19.2 Å². The van der Waals surface area contributed by atoms with Gasteiger partial charge < -0.3 is 60.6 Å². The van der Waals surface area contributed by atoms with Crippen LogP contribution in [-0.4, -0.2) is 139 Å². The Morgan fingerprint density at radius 2 is 0.983 bits per heavy atom. The smallest absolute Gasteiger partial charge is 0.326 e. The van der Waals surface area contributed by atoms with Crippen molar-refractivity contribution in [2.24, 2.45) is 5.73 Å². The molecule has 0 rings (SSSR count). The molecule has 0 bridgehead atoms. The van der Waals surface area contributed by atoms with Crippen LogP contribution in [0.3, 0.4) is 0 Å². The summed E-state index contributed by atoms with van der Waals surface area (Å²) in [5.41, 5.74) is 5.63. The Hall–Kier alpha value is -3.45. The Balaban J connectivity index is 3.65. The normalized spacial score (nSPS) is 12.0. The van der Waals surface area contributed by atoms with E-state index in [9.17, 15) is 38.7 Å². The fourth-order valence-electron chi connectivity index (χ4n) is 5.84. The van der Waals surface area contributed by atoms with Crippen molar-refractivity contribution in [3.63, 3.8) is 0 Å². The van der Waals surface area contributed by atoms with Crippen LogP contribution in [-0.2, 0) is 52.5 Å². The number of hydrogen-bond donors (Lipinski definition) is 6. The van der Waals surface area contributed by atoms with Gasteiger partial charge in [0.05, 0.1) is 51.4 Å². The number of unbranched alkanes of at least 4 members (excludes halogenated alkanes) is 15. The second-order valence-electron chi connectivity index (χ2n) is 14.7. The molecule has 0 unspecified atom stereocenters. The topological polar surface area (TPSA) is 251 Å². The SMILES string of the molecule is BC(=O)[C@@H](N)CCCCNC(=O)COCCOCCNC(=O)COCCOCCNC(=O)CC[C@H](NC(=O)CCCCCCCCCCCCCCCCC=O)C(=O)O. The Kier molecular flexibility index (Phi) is 38.9. The summed E-state index contributed by atoms with van der Waals surface area (Å²) in [6, 6.07) is -1.58. The monoisotopic (exact) mass is 842 g/mol. The molecule has 0 aromatic heterocycles. The van der Waals surface area contributed by atoms with Crippen LogP contribution in [0.1, 0.15) is 135 Å².